The maximum atomic E-state index is 12.1. The number of hydrogen-bond acceptors (Lipinski definition) is 6. The van der Waals surface area contributed by atoms with Gasteiger partial charge < -0.3 is 24.3 Å². The topological polar surface area (TPSA) is 83.1 Å². The van der Waals surface area contributed by atoms with Gasteiger partial charge in [-0.2, -0.15) is 0 Å². The molecule has 0 unspecified atom stereocenters. The molecule has 0 radical (unpaired) electrons. The summed E-state index contributed by atoms with van der Waals surface area (Å²) in [4.78, 5) is 24.1. The summed E-state index contributed by atoms with van der Waals surface area (Å²) in [6, 6.07) is -1.04. The van der Waals surface area contributed by atoms with Crippen LogP contribution in [0.5, 0.6) is 0 Å². The molecule has 7 nitrogen and oxygen atoms in total. The van der Waals surface area contributed by atoms with Crippen molar-refractivity contribution >= 4 is 12.1 Å². The number of amides is 1. The molecule has 0 aromatic heterocycles. The predicted octanol–water partition coefficient (Wildman–Crippen LogP) is 2.15. The fourth-order valence-corrected chi connectivity index (χ4v) is 2.25. The molecule has 0 aromatic carbocycles. The molecule has 0 bridgehead atoms. The Bertz CT molecular complexity index is 466. The lowest BCUT2D eigenvalue weighted by molar-refractivity contribution is -0.157. The molecule has 1 N–H and O–H groups in total. The highest BCUT2D eigenvalue weighted by molar-refractivity contribution is 5.82. The maximum absolute atomic E-state index is 12.1. The molecule has 132 valence electrons. The Labute approximate surface area is 137 Å². The molecule has 0 aromatic rings. The third-order valence-electron chi connectivity index (χ3n) is 3.00. The van der Waals surface area contributed by atoms with Crippen molar-refractivity contribution in [2.45, 2.75) is 71.2 Å². The van der Waals surface area contributed by atoms with E-state index in [4.69, 9.17) is 18.9 Å². The minimum Gasteiger partial charge on any atom is -0.467 e. The highest BCUT2D eigenvalue weighted by atomic mass is 16.8. The second-order valence-electron chi connectivity index (χ2n) is 6.74. The Morgan fingerprint density at radius 3 is 2.35 bits per heavy atom. The molecule has 0 spiro atoms. The smallest absolute Gasteiger partial charge is 0.408 e. The van der Waals surface area contributed by atoms with E-state index in [1.807, 2.05) is 6.92 Å². The molecule has 1 saturated heterocycles. The van der Waals surface area contributed by atoms with E-state index in [1.54, 1.807) is 46.8 Å². The summed E-state index contributed by atoms with van der Waals surface area (Å²) < 4.78 is 21.5. The number of methoxy groups -OCH3 is 1. The van der Waals surface area contributed by atoms with Crippen LogP contribution in [0.3, 0.4) is 0 Å². The van der Waals surface area contributed by atoms with Crippen LogP contribution in [-0.4, -0.2) is 48.8 Å². The quantitative estimate of drug-likeness (QED) is 0.628. The summed E-state index contributed by atoms with van der Waals surface area (Å²) in [5.41, 5.74) is -0.681. The zero-order chi connectivity index (χ0) is 17.8. The maximum Gasteiger partial charge on any atom is 0.408 e. The number of alkyl carbamates (subject to hydrolysis) is 1. The Kier molecular flexibility index (Phi) is 6.18. The minimum absolute atomic E-state index is 0.492. The van der Waals surface area contributed by atoms with E-state index < -0.39 is 41.7 Å². The van der Waals surface area contributed by atoms with Gasteiger partial charge in [0.25, 0.3) is 0 Å². The van der Waals surface area contributed by atoms with Crippen molar-refractivity contribution in [2.75, 3.05) is 7.11 Å². The molecular formula is C16H27NO6. The van der Waals surface area contributed by atoms with Gasteiger partial charge in [0, 0.05) is 0 Å². The van der Waals surface area contributed by atoms with Crippen LogP contribution in [0.15, 0.2) is 12.2 Å². The fraction of sp³-hybridized carbons (Fsp3) is 0.750. The van der Waals surface area contributed by atoms with Crippen LogP contribution in [0.4, 0.5) is 4.79 Å². The normalized spacial score (nSPS) is 25.2. The Hall–Kier alpha value is -1.60. The van der Waals surface area contributed by atoms with Gasteiger partial charge in [-0.15, -0.1) is 0 Å². The van der Waals surface area contributed by atoms with Crippen LogP contribution in [0.2, 0.25) is 0 Å². The Morgan fingerprint density at radius 1 is 1.26 bits per heavy atom. The van der Waals surface area contributed by atoms with E-state index >= 15 is 0 Å². The number of carbonyl (C=O) groups is 2. The number of esters is 1. The second kappa shape index (κ2) is 7.31. The Balaban J connectivity index is 2.97. The molecular weight excluding hydrogens is 302 g/mol. The SMILES string of the molecule is C/C=C/[C@@H]1OC(C)(C)O[C@H]1[C@H](NC(=O)OC(C)(C)C)C(=O)OC. The van der Waals surface area contributed by atoms with Crippen molar-refractivity contribution < 1.29 is 28.5 Å². The van der Waals surface area contributed by atoms with Gasteiger partial charge in [-0.1, -0.05) is 12.2 Å². The number of ether oxygens (including phenoxy) is 4. The number of hydrogen-bond donors (Lipinski definition) is 1. The molecule has 0 saturated carbocycles. The van der Waals surface area contributed by atoms with Crippen LogP contribution in [0.25, 0.3) is 0 Å². The van der Waals surface area contributed by atoms with Crippen LogP contribution in [0, 0.1) is 0 Å². The predicted molar refractivity (Wildman–Crippen MR) is 83.8 cm³/mol. The lowest BCUT2D eigenvalue weighted by atomic mass is 10.1. The molecule has 3 atom stereocenters. The largest absolute Gasteiger partial charge is 0.467 e. The summed E-state index contributed by atoms with van der Waals surface area (Å²) >= 11 is 0. The lowest BCUT2D eigenvalue weighted by Gasteiger charge is -2.26. The van der Waals surface area contributed by atoms with Crippen LogP contribution in [-0.2, 0) is 23.7 Å². The fourth-order valence-electron chi connectivity index (χ4n) is 2.25. The van der Waals surface area contributed by atoms with E-state index in [-0.39, 0.29) is 0 Å². The van der Waals surface area contributed by atoms with E-state index in [2.05, 4.69) is 5.32 Å². The molecule has 7 heteroatoms. The van der Waals surface area contributed by atoms with Crippen LogP contribution < -0.4 is 5.32 Å². The summed E-state index contributed by atoms with van der Waals surface area (Å²) in [6.07, 6.45) is 1.63. The number of rotatable bonds is 4. The van der Waals surface area contributed by atoms with Gasteiger partial charge in [0.2, 0.25) is 0 Å². The van der Waals surface area contributed by atoms with E-state index in [0.717, 1.165) is 0 Å². The number of carbonyl (C=O) groups excluding carboxylic acids is 2. The first-order valence-corrected chi connectivity index (χ1v) is 7.55. The average Bonchev–Trinajstić information content (AvgIpc) is 2.68. The van der Waals surface area contributed by atoms with Gasteiger partial charge >= 0.3 is 12.1 Å². The van der Waals surface area contributed by atoms with Gasteiger partial charge in [-0.05, 0) is 41.5 Å². The van der Waals surface area contributed by atoms with Crippen molar-refractivity contribution in [2.24, 2.45) is 0 Å². The van der Waals surface area contributed by atoms with Crippen molar-refractivity contribution in [1.29, 1.82) is 0 Å². The van der Waals surface area contributed by atoms with Crippen LogP contribution in [0.1, 0.15) is 41.5 Å². The molecule has 1 aliphatic rings. The molecule has 1 rings (SSSR count). The third-order valence-corrected chi connectivity index (χ3v) is 3.00. The van der Waals surface area contributed by atoms with Gasteiger partial charge in [-0.25, -0.2) is 9.59 Å². The van der Waals surface area contributed by atoms with E-state index in [9.17, 15) is 9.59 Å². The first kappa shape index (κ1) is 19.4. The molecule has 23 heavy (non-hydrogen) atoms. The zero-order valence-corrected chi connectivity index (χ0v) is 14.8. The summed E-state index contributed by atoms with van der Waals surface area (Å²) in [5, 5.41) is 2.52. The second-order valence-corrected chi connectivity index (χ2v) is 6.74. The highest BCUT2D eigenvalue weighted by Crippen LogP contribution is 2.31. The minimum atomic E-state index is -1.04. The number of nitrogens with one attached hydrogen (secondary N) is 1. The summed E-state index contributed by atoms with van der Waals surface area (Å²) in [7, 11) is 1.25. The Morgan fingerprint density at radius 2 is 1.87 bits per heavy atom. The standard InChI is InChI=1S/C16H27NO6/c1-8-9-10-12(22-16(5,6)21-10)11(13(18)20-7)17-14(19)23-15(2,3)4/h8-12H,1-7H3,(H,17,19)/b9-8+/t10-,11-,12+/m0/s1. The highest BCUT2D eigenvalue weighted by Gasteiger charge is 2.47. The molecule has 1 fully saturated rings. The van der Waals surface area contributed by atoms with Gasteiger partial charge in [0.05, 0.1) is 7.11 Å². The molecule has 0 aliphatic carbocycles. The van der Waals surface area contributed by atoms with Crippen LogP contribution >= 0.6 is 0 Å². The third kappa shape index (κ3) is 5.84. The van der Waals surface area contributed by atoms with Crippen molar-refractivity contribution in [3.63, 3.8) is 0 Å². The lowest BCUT2D eigenvalue weighted by Crippen LogP contribution is -2.53. The van der Waals surface area contributed by atoms with Gasteiger partial charge in [0.15, 0.2) is 11.8 Å². The van der Waals surface area contributed by atoms with E-state index in [0.29, 0.717) is 0 Å². The van der Waals surface area contributed by atoms with Crippen molar-refractivity contribution in [3.8, 4) is 0 Å². The van der Waals surface area contributed by atoms with Crippen molar-refractivity contribution in [3.05, 3.63) is 12.2 Å². The number of allylic oxidation sites excluding steroid dienone is 1. The van der Waals surface area contributed by atoms with Gasteiger partial charge in [0.1, 0.15) is 17.8 Å². The molecule has 1 heterocycles. The zero-order valence-electron chi connectivity index (χ0n) is 14.8. The molecule has 1 aliphatic heterocycles. The van der Waals surface area contributed by atoms with E-state index in [1.165, 1.54) is 7.11 Å². The molecule has 1 amide bonds. The monoisotopic (exact) mass is 329 g/mol. The van der Waals surface area contributed by atoms with Crippen molar-refractivity contribution in [1.82, 2.24) is 5.32 Å². The van der Waals surface area contributed by atoms with Gasteiger partial charge in [-0.3, -0.25) is 0 Å². The first-order valence-electron chi connectivity index (χ1n) is 7.55. The average molecular weight is 329 g/mol. The first-order chi connectivity index (χ1) is 10.5. The summed E-state index contributed by atoms with van der Waals surface area (Å²) in [6.45, 7) is 10.5. The summed E-state index contributed by atoms with van der Waals surface area (Å²) in [5.74, 6) is -1.51.